The molecule has 0 aliphatic heterocycles. The molecular weight excluding hydrogens is 335 g/mol. The monoisotopic (exact) mass is 353 g/mol. The van der Waals surface area contributed by atoms with Crippen molar-refractivity contribution >= 4 is 5.78 Å². The molecule has 0 rings (SSSR count). The van der Waals surface area contributed by atoms with E-state index in [2.05, 4.69) is 6.92 Å². The molecule has 0 aliphatic carbocycles. The van der Waals surface area contributed by atoms with E-state index < -0.39 is 6.10 Å². The Hall–Kier alpha value is 0.318. The van der Waals surface area contributed by atoms with Crippen molar-refractivity contribution in [3.63, 3.8) is 0 Å². The fraction of sp³-hybridized carbons (Fsp3) is 0.889. The van der Waals surface area contributed by atoms with Gasteiger partial charge in [0, 0.05) is 27.5 Å². The molecule has 2 nitrogen and oxygen atoms in total. The molecule has 3 heteroatoms. The number of aliphatic hydroxyl groups is 1. The molecule has 0 saturated carbocycles. The van der Waals surface area contributed by atoms with Gasteiger partial charge in [-0.3, -0.25) is 4.79 Å². The van der Waals surface area contributed by atoms with Crippen LogP contribution in [-0.2, 0) is 25.9 Å². The van der Waals surface area contributed by atoms with Crippen LogP contribution in [0.3, 0.4) is 0 Å². The standard InChI is InChI=1S/C9H18O2.Pt/c1-3-4-5-6-9(11)7-8(2)10;/h9,11H,3-7H2,1-2H3;. The van der Waals surface area contributed by atoms with Gasteiger partial charge in [-0.05, 0) is 13.3 Å². The Kier molecular flexibility index (Phi) is 11.6. The normalized spacial score (nSPS) is 11.9. The fourth-order valence-corrected chi connectivity index (χ4v) is 1.06. The number of Topliss-reactive ketones (excluding diaryl/α,β-unsaturated/α-hetero) is 1. The van der Waals surface area contributed by atoms with E-state index in [9.17, 15) is 9.90 Å². The molecule has 0 bridgehead atoms. The van der Waals surface area contributed by atoms with Crippen LogP contribution in [0.1, 0.15) is 46.0 Å². The van der Waals surface area contributed by atoms with E-state index in [1.807, 2.05) is 0 Å². The molecule has 0 radical (unpaired) electrons. The zero-order valence-corrected chi connectivity index (χ0v) is 10.1. The summed E-state index contributed by atoms with van der Waals surface area (Å²) in [5.41, 5.74) is 0. The molecule has 0 aliphatic rings. The van der Waals surface area contributed by atoms with Crippen molar-refractivity contribution in [2.75, 3.05) is 0 Å². The van der Waals surface area contributed by atoms with Crippen molar-refractivity contribution in [3.05, 3.63) is 0 Å². The van der Waals surface area contributed by atoms with Gasteiger partial charge < -0.3 is 5.11 Å². The van der Waals surface area contributed by atoms with Gasteiger partial charge in [0.1, 0.15) is 5.78 Å². The molecule has 0 aromatic heterocycles. The molecule has 0 aromatic carbocycles. The van der Waals surface area contributed by atoms with E-state index in [-0.39, 0.29) is 26.8 Å². The minimum atomic E-state index is -0.404. The first-order valence-corrected chi connectivity index (χ1v) is 4.34. The zero-order valence-electron chi connectivity index (χ0n) is 7.78. The third-order valence-corrected chi connectivity index (χ3v) is 1.66. The zero-order chi connectivity index (χ0) is 8.69. The van der Waals surface area contributed by atoms with E-state index in [4.69, 9.17) is 0 Å². The van der Waals surface area contributed by atoms with Crippen LogP contribution >= 0.6 is 0 Å². The molecule has 0 amide bonds. The second kappa shape index (κ2) is 9.41. The van der Waals surface area contributed by atoms with Crippen molar-refractivity contribution in [3.8, 4) is 0 Å². The van der Waals surface area contributed by atoms with Crippen LogP contribution < -0.4 is 0 Å². The van der Waals surface area contributed by atoms with Gasteiger partial charge in [-0.15, -0.1) is 0 Å². The number of carbonyl (C=O) groups excluding carboxylic acids is 1. The van der Waals surface area contributed by atoms with Gasteiger partial charge in [-0.2, -0.15) is 0 Å². The fourth-order valence-electron chi connectivity index (χ4n) is 1.06. The maximum Gasteiger partial charge on any atom is 0.132 e. The van der Waals surface area contributed by atoms with Crippen molar-refractivity contribution < 1.29 is 31.0 Å². The minimum Gasteiger partial charge on any atom is -0.393 e. The third-order valence-electron chi connectivity index (χ3n) is 1.66. The van der Waals surface area contributed by atoms with E-state index in [0.717, 1.165) is 25.7 Å². The number of rotatable bonds is 6. The molecule has 0 saturated heterocycles. The van der Waals surface area contributed by atoms with E-state index in [1.54, 1.807) is 0 Å². The average molecular weight is 353 g/mol. The summed E-state index contributed by atoms with van der Waals surface area (Å²) < 4.78 is 0. The molecule has 0 aromatic rings. The summed E-state index contributed by atoms with van der Waals surface area (Å²) in [7, 11) is 0. The van der Waals surface area contributed by atoms with Gasteiger partial charge in [-0.25, -0.2) is 0 Å². The maximum atomic E-state index is 10.5. The van der Waals surface area contributed by atoms with Crippen molar-refractivity contribution in [2.24, 2.45) is 0 Å². The second-order valence-corrected chi connectivity index (χ2v) is 3.06. The first-order valence-electron chi connectivity index (χ1n) is 4.34. The Labute approximate surface area is 89.0 Å². The second-order valence-electron chi connectivity index (χ2n) is 3.06. The summed E-state index contributed by atoms with van der Waals surface area (Å²) in [5, 5.41) is 9.23. The van der Waals surface area contributed by atoms with Crippen LogP contribution in [-0.4, -0.2) is 17.0 Å². The van der Waals surface area contributed by atoms with Crippen molar-refractivity contribution in [1.82, 2.24) is 0 Å². The molecule has 0 spiro atoms. The van der Waals surface area contributed by atoms with Gasteiger partial charge in [0.05, 0.1) is 6.10 Å². The van der Waals surface area contributed by atoms with E-state index in [0.29, 0.717) is 6.42 Å². The molecule has 76 valence electrons. The number of carbonyl (C=O) groups is 1. The number of aliphatic hydroxyl groups excluding tert-OH is 1. The number of unbranched alkanes of at least 4 members (excludes halogenated alkanes) is 2. The molecule has 0 heterocycles. The quantitative estimate of drug-likeness (QED) is 0.741. The average Bonchev–Trinajstić information content (AvgIpc) is 1.86. The summed E-state index contributed by atoms with van der Waals surface area (Å²) in [4.78, 5) is 10.5. The SMILES string of the molecule is CCCCCC(O)CC(C)=O.[Pt]. The van der Waals surface area contributed by atoms with Crippen molar-refractivity contribution in [2.45, 2.75) is 52.1 Å². The smallest absolute Gasteiger partial charge is 0.132 e. The summed E-state index contributed by atoms with van der Waals surface area (Å²) >= 11 is 0. The van der Waals surface area contributed by atoms with Gasteiger partial charge in [0.2, 0.25) is 0 Å². The van der Waals surface area contributed by atoms with Crippen LogP contribution in [0.15, 0.2) is 0 Å². The Bertz CT molecular complexity index is 115. The summed E-state index contributed by atoms with van der Waals surface area (Å²) in [6.45, 7) is 3.64. The Morgan fingerprint density at radius 3 is 2.42 bits per heavy atom. The molecule has 1 atom stereocenters. The van der Waals surface area contributed by atoms with Gasteiger partial charge in [0.15, 0.2) is 0 Å². The van der Waals surface area contributed by atoms with Crippen molar-refractivity contribution in [1.29, 1.82) is 0 Å². The predicted octanol–water partition coefficient (Wildman–Crippen LogP) is 1.90. The summed E-state index contributed by atoms with van der Waals surface area (Å²) in [5.74, 6) is 0.0778. The topological polar surface area (TPSA) is 37.3 Å². The first-order chi connectivity index (χ1) is 5.16. The van der Waals surface area contributed by atoms with Gasteiger partial charge in [0.25, 0.3) is 0 Å². The largest absolute Gasteiger partial charge is 0.393 e. The number of hydrogen-bond acceptors (Lipinski definition) is 2. The number of ketones is 1. The third kappa shape index (κ3) is 10.3. The van der Waals surface area contributed by atoms with E-state index in [1.165, 1.54) is 6.92 Å². The Morgan fingerprint density at radius 2 is 2.00 bits per heavy atom. The first kappa shape index (κ1) is 14.8. The van der Waals surface area contributed by atoms with Gasteiger partial charge in [-0.1, -0.05) is 26.2 Å². The molecule has 1 N–H and O–H groups in total. The van der Waals surface area contributed by atoms with E-state index >= 15 is 0 Å². The Morgan fingerprint density at radius 1 is 1.42 bits per heavy atom. The Balaban J connectivity index is 0. The minimum absolute atomic E-state index is 0. The van der Waals surface area contributed by atoms with Crippen LogP contribution in [0.5, 0.6) is 0 Å². The predicted molar refractivity (Wildman–Crippen MR) is 45.4 cm³/mol. The van der Waals surface area contributed by atoms with Crippen LogP contribution in [0, 0.1) is 0 Å². The van der Waals surface area contributed by atoms with Crippen LogP contribution in [0.2, 0.25) is 0 Å². The van der Waals surface area contributed by atoms with Gasteiger partial charge >= 0.3 is 0 Å². The molecular formula is C9H18O2Pt. The van der Waals surface area contributed by atoms with Crippen LogP contribution in [0.4, 0.5) is 0 Å². The molecule has 12 heavy (non-hydrogen) atoms. The molecule has 1 unspecified atom stereocenters. The number of hydrogen-bond donors (Lipinski definition) is 1. The molecule has 0 fully saturated rings. The summed E-state index contributed by atoms with van der Waals surface area (Å²) in [6, 6.07) is 0. The maximum absolute atomic E-state index is 10.5. The summed E-state index contributed by atoms with van der Waals surface area (Å²) in [6.07, 6.45) is 4.03. The van der Waals surface area contributed by atoms with Crippen LogP contribution in [0.25, 0.3) is 0 Å².